The first-order chi connectivity index (χ1) is 36.5. The Kier molecular flexibility index (Phi) is 24.1. The predicted molar refractivity (Wildman–Crippen MR) is 282 cm³/mol. The van der Waals surface area contributed by atoms with E-state index in [1.54, 1.807) is 24.3 Å². The molecular weight excluding hydrogens is 977 g/mol. The fourth-order valence-electron chi connectivity index (χ4n) is 9.06. The molecule has 3 aromatic carbocycles. The van der Waals surface area contributed by atoms with Crippen molar-refractivity contribution in [3.05, 3.63) is 96.6 Å². The van der Waals surface area contributed by atoms with Gasteiger partial charge >= 0.3 is 41.8 Å². The van der Waals surface area contributed by atoms with Gasteiger partial charge in [-0.3, -0.25) is 24.0 Å². The van der Waals surface area contributed by atoms with E-state index in [1.165, 1.54) is 31.4 Å². The normalized spacial score (nSPS) is 17.2. The minimum absolute atomic E-state index is 0.0510. The minimum atomic E-state index is -0.792. The lowest BCUT2D eigenvalue weighted by molar-refractivity contribution is -0.145. The Morgan fingerprint density at radius 2 is 0.947 bits per heavy atom. The molecule has 0 spiro atoms. The van der Waals surface area contributed by atoms with Crippen LogP contribution in [0.25, 0.3) is 0 Å². The number of aryl methyl sites for hydroxylation is 1. The highest BCUT2D eigenvalue weighted by Gasteiger charge is 2.35. The van der Waals surface area contributed by atoms with Crippen LogP contribution in [0, 0.1) is 30.6 Å². The van der Waals surface area contributed by atoms with E-state index < -0.39 is 47.5 Å². The van der Waals surface area contributed by atoms with Crippen molar-refractivity contribution >= 4 is 41.8 Å². The molecule has 2 aliphatic rings. The number of unbranched alkanes of at least 4 members (excludes halogenated alkanes) is 6. The van der Waals surface area contributed by atoms with Gasteiger partial charge in [0.2, 0.25) is 0 Å². The molecule has 412 valence electrons. The summed E-state index contributed by atoms with van der Waals surface area (Å²) in [6.07, 6.45) is 13.0. The molecule has 5 rings (SSSR count). The summed E-state index contributed by atoms with van der Waals surface area (Å²) in [5, 5.41) is 0. The van der Waals surface area contributed by atoms with Gasteiger partial charge in [0.05, 0.1) is 63.6 Å². The number of rotatable bonds is 28. The van der Waals surface area contributed by atoms with Gasteiger partial charge in [0.15, 0.2) is 0 Å². The summed E-state index contributed by atoms with van der Waals surface area (Å²) < 4.78 is 50.2. The Hall–Kier alpha value is -6.97. The summed E-state index contributed by atoms with van der Waals surface area (Å²) in [6, 6.07) is 14.8. The van der Waals surface area contributed by atoms with Crippen LogP contribution in [0.1, 0.15) is 151 Å². The molecule has 0 aromatic heterocycles. The molecule has 76 heavy (non-hydrogen) atoms. The zero-order chi connectivity index (χ0) is 55.0. The number of carbonyl (C=O) groups excluding carboxylic acids is 7. The third-order valence-electron chi connectivity index (χ3n) is 13.5. The number of esters is 7. The molecule has 2 aliphatic carbocycles. The lowest BCUT2D eigenvalue weighted by Crippen LogP contribution is -2.31. The van der Waals surface area contributed by atoms with Gasteiger partial charge in [-0.25, -0.2) is 9.59 Å². The number of benzene rings is 3. The van der Waals surface area contributed by atoms with Crippen LogP contribution in [-0.4, -0.2) is 75.3 Å². The Morgan fingerprint density at radius 1 is 0.526 bits per heavy atom. The molecule has 0 unspecified atom stereocenters. The summed E-state index contributed by atoms with van der Waals surface area (Å²) in [5.74, 6) is -2.90. The van der Waals surface area contributed by atoms with E-state index in [9.17, 15) is 33.6 Å². The largest absolute Gasteiger partial charge is 0.493 e. The van der Waals surface area contributed by atoms with Crippen molar-refractivity contribution in [1.82, 2.24) is 0 Å². The van der Waals surface area contributed by atoms with Crippen LogP contribution in [0.4, 0.5) is 0 Å². The van der Waals surface area contributed by atoms with E-state index in [0.29, 0.717) is 95.0 Å². The molecule has 0 amide bonds. The van der Waals surface area contributed by atoms with E-state index in [4.69, 9.17) is 42.6 Å². The molecule has 0 N–H and O–H groups in total. The van der Waals surface area contributed by atoms with Crippen LogP contribution >= 0.6 is 0 Å². The van der Waals surface area contributed by atoms with Gasteiger partial charge in [-0.2, -0.15) is 0 Å². The highest BCUT2D eigenvalue weighted by molar-refractivity contribution is 5.94. The molecule has 0 bridgehead atoms. The summed E-state index contributed by atoms with van der Waals surface area (Å²) in [5.41, 5.74) is 1.34. The van der Waals surface area contributed by atoms with Crippen LogP contribution in [0.5, 0.6) is 34.5 Å². The molecule has 16 nitrogen and oxygen atoms in total. The summed E-state index contributed by atoms with van der Waals surface area (Å²) in [4.78, 5) is 88.9. The number of hydrogen-bond acceptors (Lipinski definition) is 16. The quantitative estimate of drug-likeness (QED) is 0.0166. The Balaban J connectivity index is 1.03. The molecule has 0 saturated heterocycles. The standard InChI is InChI=1S/C60H76O16/c1-8-18-54(62)72-36-17-13-11-15-34-70-52-32-29-47(39-49(52)60(4,5)6)75-57(65)43-21-19-42(20-22-43)56(64)74-46-28-31-51(48(38-46)59(67)68-7)76-58(66)44-25-23-41(24-26-44)55(63)73-45-27-30-50(40(3)37-45)69-33-14-10-12-16-35-71-53(61)9-2/h8-9,27-32,37-39,41-44H,1-2,10-26,33-36H2,3-7H3. The second-order valence-electron chi connectivity index (χ2n) is 20.4. The van der Waals surface area contributed by atoms with Gasteiger partial charge in [-0.1, -0.05) is 33.4 Å². The smallest absolute Gasteiger partial charge is 0.341 e. The summed E-state index contributed by atoms with van der Waals surface area (Å²) >= 11 is 0. The first kappa shape index (κ1) is 59.9. The minimum Gasteiger partial charge on any atom is -0.493 e. The SMILES string of the molecule is C=CCC(=O)OCCCCCCOc1ccc(OC(=O)C2CCC(C(=O)Oc3ccc(OC(=O)C4CCC(C(=O)Oc5ccc(OCCCCCCOC(=O)C=C)c(C)c5)CC4)c(C(=O)OC)c3)CC2)cc1C(C)(C)C. The zero-order valence-corrected chi connectivity index (χ0v) is 45.0. The predicted octanol–water partition coefficient (Wildman–Crippen LogP) is 11.4. The van der Waals surface area contributed by atoms with Crippen molar-refractivity contribution in [3.63, 3.8) is 0 Å². The van der Waals surface area contributed by atoms with Crippen molar-refractivity contribution in [2.45, 2.75) is 142 Å². The van der Waals surface area contributed by atoms with Crippen molar-refractivity contribution in [2.24, 2.45) is 23.7 Å². The van der Waals surface area contributed by atoms with Crippen LogP contribution in [0.3, 0.4) is 0 Å². The van der Waals surface area contributed by atoms with E-state index in [-0.39, 0.29) is 46.8 Å². The highest BCUT2D eigenvalue weighted by Crippen LogP contribution is 2.38. The fraction of sp³-hybridized carbons (Fsp3) is 0.517. The fourth-order valence-corrected chi connectivity index (χ4v) is 9.06. The van der Waals surface area contributed by atoms with Gasteiger partial charge in [0.25, 0.3) is 0 Å². The Morgan fingerprint density at radius 3 is 1.41 bits per heavy atom. The van der Waals surface area contributed by atoms with E-state index in [2.05, 4.69) is 33.9 Å². The lowest BCUT2D eigenvalue weighted by atomic mass is 9.82. The van der Waals surface area contributed by atoms with Crippen LogP contribution in [0.15, 0.2) is 79.9 Å². The number of hydrogen-bond donors (Lipinski definition) is 0. The van der Waals surface area contributed by atoms with E-state index in [0.717, 1.165) is 74.3 Å². The third kappa shape index (κ3) is 19.3. The van der Waals surface area contributed by atoms with Gasteiger partial charge in [0, 0.05) is 11.6 Å². The second kappa shape index (κ2) is 30.5. The molecule has 0 radical (unpaired) electrons. The van der Waals surface area contributed by atoms with Crippen LogP contribution < -0.4 is 28.4 Å². The number of methoxy groups -OCH3 is 1. The van der Waals surface area contributed by atoms with Crippen LogP contribution in [-0.2, 0) is 48.4 Å². The molecule has 0 heterocycles. The van der Waals surface area contributed by atoms with E-state index >= 15 is 0 Å². The number of ether oxygens (including phenoxy) is 9. The van der Waals surface area contributed by atoms with Gasteiger partial charge in [-0.05, 0) is 175 Å². The summed E-state index contributed by atoms with van der Waals surface area (Å²) in [6.45, 7) is 16.8. The maximum atomic E-state index is 13.4. The first-order valence-corrected chi connectivity index (χ1v) is 26.6. The van der Waals surface area contributed by atoms with Crippen molar-refractivity contribution < 1.29 is 76.2 Å². The Labute approximate surface area is 447 Å². The number of carbonyl (C=O) groups is 7. The molecule has 2 saturated carbocycles. The van der Waals surface area contributed by atoms with E-state index in [1.807, 2.05) is 19.1 Å². The molecular formula is C60H76O16. The molecule has 3 aromatic rings. The van der Waals surface area contributed by atoms with Crippen LogP contribution in [0.2, 0.25) is 0 Å². The van der Waals surface area contributed by atoms with Crippen molar-refractivity contribution in [2.75, 3.05) is 33.5 Å². The average Bonchev–Trinajstić information content (AvgIpc) is 3.41. The molecule has 0 aliphatic heterocycles. The monoisotopic (exact) mass is 1050 g/mol. The van der Waals surface area contributed by atoms with Crippen molar-refractivity contribution in [1.29, 1.82) is 0 Å². The third-order valence-corrected chi connectivity index (χ3v) is 13.5. The lowest BCUT2D eigenvalue weighted by Gasteiger charge is -2.27. The van der Waals surface area contributed by atoms with Crippen molar-refractivity contribution in [3.8, 4) is 34.5 Å². The maximum absolute atomic E-state index is 13.4. The first-order valence-electron chi connectivity index (χ1n) is 26.6. The summed E-state index contributed by atoms with van der Waals surface area (Å²) in [7, 11) is 1.19. The maximum Gasteiger partial charge on any atom is 0.341 e. The molecule has 2 fully saturated rings. The van der Waals surface area contributed by atoms with Gasteiger partial charge in [-0.15, -0.1) is 6.58 Å². The topological polar surface area (TPSA) is 203 Å². The zero-order valence-electron chi connectivity index (χ0n) is 45.0. The Bertz CT molecular complexity index is 2470. The second-order valence-corrected chi connectivity index (χ2v) is 20.4. The highest BCUT2D eigenvalue weighted by atomic mass is 16.6. The van der Waals surface area contributed by atoms with Gasteiger partial charge in [0.1, 0.15) is 40.1 Å². The average molecular weight is 1050 g/mol. The molecule has 16 heteroatoms. The molecule has 0 atom stereocenters. The van der Waals surface area contributed by atoms with Gasteiger partial charge < -0.3 is 42.6 Å².